The Morgan fingerprint density at radius 2 is 1.67 bits per heavy atom. The summed E-state index contributed by atoms with van der Waals surface area (Å²) < 4.78 is 0. The van der Waals surface area contributed by atoms with Gasteiger partial charge < -0.3 is 9.80 Å². The van der Waals surface area contributed by atoms with Crippen LogP contribution in [0.4, 0.5) is 0 Å². The highest BCUT2D eigenvalue weighted by molar-refractivity contribution is 7.13. The van der Waals surface area contributed by atoms with Crippen LogP contribution in [0.5, 0.6) is 0 Å². The van der Waals surface area contributed by atoms with Crippen LogP contribution in [0, 0.1) is 6.92 Å². The van der Waals surface area contributed by atoms with Crippen LogP contribution in [0.15, 0.2) is 6.20 Å². The molecule has 0 spiro atoms. The number of aryl methyl sites for hydroxylation is 1. The van der Waals surface area contributed by atoms with Gasteiger partial charge in [0.25, 0.3) is 5.91 Å². The van der Waals surface area contributed by atoms with E-state index in [1.54, 1.807) is 6.20 Å². The molecule has 1 aromatic rings. The highest BCUT2D eigenvalue weighted by Crippen LogP contribution is 2.16. The first kappa shape index (κ1) is 17.4. The van der Waals surface area contributed by atoms with Crippen LogP contribution in [0.2, 0.25) is 0 Å². The molecule has 2 saturated heterocycles. The fraction of sp³-hybridized carbons (Fsp3) is 0.706. The minimum atomic E-state index is 0.0686. The zero-order valence-electron chi connectivity index (χ0n) is 14.4. The Kier molecular flexibility index (Phi) is 5.84. The number of rotatable bonds is 3. The smallest absolute Gasteiger partial charge is 0.265 e. The first-order chi connectivity index (χ1) is 11.6. The lowest BCUT2D eigenvalue weighted by Crippen LogP contribution is -2.51. The van der Waals surface area contributed by atoms with Gasteiger partial charge in [-0.2, -0.15) is 0 Å². The van der Waals surface area contributed by atoms with Gasteiger partial charge in [-0.25, -0.2) is 4.98 Å². The number of nitrogens with zero attached hydrogens (tertiary/aromatic N) is 4. The quantitative estimate of drug-likeness (QED) is 0.831. The monoisotopic (exact) mass is 350 g/mol. The number of hydrogen-bond donors (Lipinski definition) is 0. The molecule has 132 valence electrons. The molecule has 1 aromatic heterocycles. The predicted molar refractivity (Wildman–Crippen MR) is 94.2 cm³/mol. The van der Waals surface area contributed by atoms with Crippen molar-refractivity contribution in [2.45, 2.75) is 32.6 Å². The van der Waals surface area contributed by atoms with Crippen molar-refractivity contribution in [1.82, 2.24) is 19.7 Å². The average Bonchev–Trinajstić information content (AvgIpc) is 2.85. The zero-order valence-corrected chi connectivity index (χ0v) is 15.2. The van der Waals surface area contributed by atoms with Gasteiger partial charge in [0.15, 0.2) is 0 Å². The van der Waals surface area contributed by atoms with Gasteiger partial charge in [-0.05, 0) is 19.8 Å². The lowest BCUT2D eigenvalue weighted by molar-refractivity contribution is -0.132. The van der Waals surface area contributed by atoms with E-state index in [0.717, 1.165) is 44.0 Å². The Balaban J connectivity index is 1.46. The second kappa shape index (κ2) is 8.07. The van der Waals surface area contributed by atoms with Crippen molar-refractivity contribution in [1.29, 1.82) is 0 Å². The Bertz CT molecular complexity index is 573. The van der Waals surface area contributed by atoms with Crippen LogP contribution >= 0.6 is 11.3 Å². The Hall–Kier alpha value is -1.47. The largest absolute Gasteiger partial charge is 0.342 e. The van der Waals surface area contributed by atoms with E-state index >= 15 is 0 Å². The standard InChI is InChI=1S/C17H26N4O2S/c1-14-18-12-15(24-14)17(23)21-10-8-19(9-11-21)13-16(22)20-6-4-2-3-5-7-20/h12H,2-11,13H2,1H3. The molecule has 2 fully saturated rings. The summed E-state index contributed by atoms with van der Waals surface area (Å²) in [6.45, 7) is 7.11. The van der Waals surface area contributed by atoms with E-state index in [-0.39, 0.29) is 11.8 Å². The van der Waals surface area contributed by atoms with Crippen molar-refractivity contribution < 1.29 is 9.59 Å². The molecule has 24 heavy (non-hydrogen) atoms. The van der Waals surface area contributed by atoms with E-state index < -0.39 is 0 Å². The van der Waals surface area contributed by atoms with Gasteiger partial charge in [-0.1, -0.05) is 12.8 Å². The van der Waals surface area contributed by atoms with Crippen LogP contribution in [-0.2, 0) is 4.79 Å². The number of carbonyl (C=O) groups is 2. The first-order valence-corrected chi connectivity index (χ1v) is 9.67. The molecule has 0 atom stereocenters. The molecule has 2 aliphatic heterocycles. The van der Waals surface area contributed by atoms with Gasteiger partial charge in [0, 0.05) is 39.3 Å². The number of piperazine rings is 1. The van der Waals surface area contributed by atoms with Gasteiger partial charge in [-0.3, -0.25) is 14.5 Å². The van der Waals surface area contributed by atoms with Crippen LogP contribution in [0.25, 0.3) is 0 Å². The fourth-order valence-corrected chi connectivity index (χ4v) is 4.08. The van der Waals surface area contributed by atoms with E-state index in [1.165, 1.54) is 24.2 Å². The maximum atomic E-state index is 12.5. The molecule has 0 radical (unpaired) electrons. The third kappa shape index (κ3) is 4.33. The molecule has 3 rings (SSSR count). The van der Waals surface area contributed by atoms with E-state index in [1.807, 2.05) is 16.7 Å². The second-order valence-corrected chi connectivity index (χ2v) is 7.84. The van der Waals surface area contributed by atoms with Gasteiger partial charge in [-0.15, -0.1) is 11.3 Å². The minimum absolute atomic E-state index is 0.0686. The van der Waals surface area contributed by atoms with Crippen molar-refractivity contribution in [2.75, 3.05) is 45.8 Å². The molecule has 2 aliphatic rings. The maximum absolute atomic E-state index is 12.5. The molecule has 0 aliphatic carbocycles. The lowest BCUT2D eigenvalue weighted by Gasteiger charge is -2.35. The summed E-state index contributed by atoms with van der Waals surface area (Å²) in [4.78, 5) is 35.8. The average molecular weight is 350 g/mol. The van der Waals surface area contributed by atoms with E-state index in [2.05, 4.69) is 9.88 Å². The van der Waals surface area contributed by atoms with Crippen molar-refractivity contribution in [3.63, 3.8) is 0 Å². The van der Waals surface area contributed by atoms with Gasteiger partial charge in [0.2, 0.25) is 5.91 Å². The van der Waals surface area contributed by atoms with Crippen LogP contribution in [0.1, 0.15) is 40.4 Å². The normalized spacial score (nSPS) is 20.0. The van der Waals surface area contributed by atoms with E-state index in [4.69, 9.17) is 0 Å². The molecule has 0 unspecified atom stereocenters. The summed E-state index contributed by atoms with van der Waals surface area (Å²) in [7, 11) is 0. The number of hydrogen-bond acceptors (Lipinski definition) is 5. The topological polar surface area (TPSA) is 56.8 Å². The Morgan fingerprint density at radius 1 is 1.00 bits per heavy atom. The summed E-state index contributed by atoms with van der Waals surface area (Å²) in [5.41, 5.74) is 0. The maximum Gasteiger partial charge on any atom is 0.265 e. The third-order valence-electron chi connectivity index (χ3n) is 4.81. The summed E-state index contributed by atoms with van der Waals surface area (Å²) in [5.74, 6) is 0.314. The Labute approximate surface area is 147 Å². The highest BCUT2D eigenvalue weighted by atomic mass is 32.1. The molecule has 0 saturated carbocycles. The summed E-state index contributed by atoms with van der Waals surface area (Å²) in [5, 5.41) is 0.917. The number of aromatic nitrogens is 1. The molecule has 7 heteroatoms. The van der Waals surface area contributed by atoms with E-state index in [0.29, 0.717) is 24.5 Å². The number of carbonyl (C=O) groups excluding carboxylic acids is 2. The van der Waals surface area contributed by atoms with Crippen molar-refractivity contribution in [2.24, 2.45) is 0 Å². The summed E-state index contributed by atoms with van der Waals surface area (Å²) >= 11 is 1.44. The lowest BCUT2D eigenvalue weighted by atomic mass is 10.2. The number of likely N-dealkylation sites (tertiary alicyclic amines) is 1. The van der Waals surface area contributed by atoms with E-state index in [9.17, 15) is 9.59 Å². The van der Waals surface area contributed by atoms with Gasteiger partial charge in [0.1, 0.15) is 4.88 Å². The zero-order chi connectivity index (χ0) is 16.9. The molecule has 2 amide bonds. The molecular weight excluding hydrogens is 324 g/mol. The Morgan fingerprint density at radius 3 is 2.25 bits per heavy atom. The molecule has 6 nitrogen and oxygen atoms in total. The summed E-state index contributed by atoms with van der Waals surface area (Å²) in [6.07, 6.45) is 6.39. The molecule has 0 N–H and O–H groups in total. The molecule has 3 heterocycles. The minimum Gasteiger partial charge on any atom is -0.342 e. The van der Waals surface area contributed by atoms with Crippen molar-refractivity contribution >= 4 is 23.2 Å². The van der Waals surface area contributed by atoms with Gasteiger partial charge >= 0.3 is 0 Å². The van der Waals surface area contributed by atoms with Gasteiger partial charge in [0.05, 0.1) is 17.7 Å². The second-order valence-electron chi connectivity index (χ2n) is 6.61. The third-order valence-corrected chi connectivity index (χ3v) is 5.71. The molecular formula is C17H26N4O2S. The van der Waals surface area contributed by atoms with Crippen LogP contribution in [-0.4, -0.2) is 77.3 Å². The fourth-order valence-electron chi connectivity index (χ4n) is 3.34. The highest BCUT2D eigenvalue weighted by Gasteiger charge is 2.25. The first-order valence-electron chi connectivity index (χ1n) is 8.85. The predicted octanol–water partition coefficient (Wildman–Crippen LogP) is 1.61. The summed E-state index contributed by atoms with van der Waals surface area (Å²) in [6, 6.07) is 0. The van der Waals surface area contributed by atoms with Crippen LogP contribution in [0.3, 0.4) is 0 Å². The van der Waals surface area contributed by atoms with Crippen LogP contribution < -0.4 is 0 Å². The number of thiazole rings is 1. The van der Waals surface area contributed by atoms with Crippen molar-refractivity contribution in [3.05, 3.63) is 16.1 Å². The molecule has 0 bridgehead atoms. The van der Waals surface area contributed by atoms with Crippen molar-refractivity contribution in [3.8, 4) is 0 Å². The molecule has 0 aromatic carbocycles. The number of amides is 2. The SMILES string of the molecule is Cc1ncc(C(=O)N2CCN(CC(=O)N3CCCCCC3)CC2)s1.